The van der Waals surface area contributed by atoms with Gasteiger partial charge in [0.25, 0.3) is 0 Å². The topological polar surface area (TPSA) is 43.4 Å². The highest BCUT2D eigenvalue weighted by atomic mass is 79.9. The molecular weight excluding hydrogens is 341 g/mol. The number of rotatable bonds is 4. The molecule has 0 aromatic heterocycles. The Morgan fingerprint density at radius 3 is 2.40 bits per heavy atom. The Bertz CT molecular complexity index is 526. The summed E-state index contributed by atoms with van der Waals surface area (Å²) in [4.78, 5) is 21.9. The number of esters is 1. The summed E-state index contributed by atoms with van der Waals surface area (Å²) in [5.41, 5.74) is -1.54. The Hall–Kier alpha value is -1.37. The number of ether oxygens (including phenoxy) is 1. The molecule has 0 N–H and O–H groups in total. The molecule has 0 amide bonds. The fourth-order valence-electron chi connectivity index (χ4n) is 1.58. The zero-order chi connectivity index (χ0) is 15.5. The Balaban J connectivity index is 3.35. The van der Waals surface area contributed by atoms with Crippen molar-refractivity contribution in [2.45, 2.75) is 24.9 Å². The van der Waals surface area contributed by atoms with Crippen molar-refractivity contribution < 1.29 is 27.5 Å². The van der Waals surface area contributed by atoms with Gasteiger partial charge in [0.1, 0.15) is 5.78 Å². The second kappa shape index (κ2) is 6.39. The number of benzene rings is 1. The highest BCUT2D eigenvalue weighted by Crippen LogP contribution is 2.35. The number of hydrogen-bond acceptors (Lipinski definition) is 3. The lowest BCUT2D eigenvalue weighted by molar-refractivity contribution is -0.138. The molecule has 0 saturated heterocycles. The van der Waals surface area contributed by atoms with Crippen molar-refractivity contribution in [2.75, 3.05) is 6.61 Å². The second-order valence-corrected chi connectivity index (χ2v) is 4.91. The van der Waals surface area contributed by atoms with Crippen molar-refractivity contribution in [1.82, 2.24) is 0 Å². The van der Waals surface area contributed by atoms with Gasteiger partial charge in [0.15, 0.2) is 0 Å². The molecule has 1 rings (SSSR count). The molecular formula is C13H12BrF3O3. The monoisotopic (exact) mass is 352 g/mol. The number of alkyl halides is 4. The summed E-state index contributed by atoms with van der Waals surface area (Å²) in [6.07, 6.45) is -4.71. The molecule has 7 heteroatoms. The van der Waals surface area contributed by atoms with Crippen molar-refractivity contribution in [2.24, 2.45) is 0 Å². The summed E-state index contributed by atoms with van der Waals surface area (Å²) in [7, 11) is 0. The number of carbonyl (C=O) groups excluding carboxylic acids is 2. The molecule has 1 atom stereocenters. The Morgan fingerprint density at radius 2 is 1.95 bits per heavy atom. The zero-order valence-electron chi connectivity index (χ0n) is 10.8. The third kappa shape index (κ3) is 3.82. The van der Waals surface area contributed by atoms with Gasteiger partial charge in [0, 0.05) is 0 Å². The molecule has 0 fully saturated rings. The maximum absolute atomic E-state index is 13.0. The summed E-state index contributed by atoms with van der Waals surface area (Å²) in [5, 5.41) is 0. The van der Waals surface area contributed by atoms with E-state index in [9.17, 15) is 22.8 Å². The fraction of sp³-hybridized carbons (Fsp3) is 0.385. The van der Waals surface area contributed by atoms with Crippen LogP contribution in [0, 0.1) is 0 Å². The zero-order valence-corrected chi connectivity index (χ0v) is 12.3. The fourth-order valence-corrected chi connectivity index (χ4v) is 1.86. The van der Waals surface area contributed by atoms with Gasteiger partial charge in [-0.25, -0.2) is 4.79 Å². The van der Waals surface area contributed by atoms with Gasteiger partial charge < -0.3 is 4.74 Å². The van der Waals surface area contributed by atoms with Crippen LogP contribution in [0.1, 0.15) is 40.2 Å². The van der Waals surface area contributed by atoms with Crippen LogP contribution in [0.3, 0.4) is 0 Å². The lowest BCUT2D eigenvalue weighted by atomic mass is 10.0. The lowest BCUT2D eigenvalue weighted by Crippen LogP contribution is -2.16. The van der Waals surface area contributed by atoms with E-state index in [1.54, 1.807) is 0 Å². The van der Waals surface area contributed by atoms with E-state index in [0.29, 0.717) is 0 Å². The standard InChI is InChI=1S/C13H12BrF3O3/c1-3-20-12(19)9-5-4-8(11(14)7(2)18)6-10(9)13(15,16)17/h4-6,11H,3H2,1-2H3. The molecule has 1 unspecified atom stereocenters. The van der Waals surface area contributed by atoms with Gasteiger partial charge in [-0.2, -0.15) is 13.2 Å². The molecule has 3 nitrogen and oxygen atoms in total. The van der Waals surface area contributed by atoms with Gasteiger partial charge in [0.2, 0.25) is 0 Å². The third-order valence-electron chi connectivity index (χ3n) is 2.49. The van der Waals surface area contributed by atoms with Crippen LogP contribution in [0.25, 0.3) is 0 Å². The molecule has 0 spiro atoms. The molecule has 1 aromatic carbocycles. The van der Waals surface area contributed by atoms with Crippen LogP contribution in [-0.2, 0) is 15.7 Å². The molecule has 1 aromatic rings. The van der Waals surface area contributed by atoms with E-state index < -0.39 is 28.1 Å². The first kappa shape index (κ1) is 16.7. The van der Waals surface area contributed by atoms with Gasteiger partial charge in [-0.15, -0.1) is 0 Å². The largest absolute Gasteiger partial charge is 0.462 e. The first-order valence-electron chi connectivity index (χ1n) is 5.71. The highest BCUT2D eigenvalue weighted by molar-refractivity contribution is 9.09. The predicted molar refractivity (Wildman–Crippen MR) is 69.7 cm³/mol. The second-order valence-electron chi connectivity index (χ2n) is 4.00. The van der Waals surface area contributed by atoms with Crippen molar-refractivity contribution in [3.8, 4) is 0 Å². The number of halogens is 4. The summed E-state index contributed by atoms with van der Waals surface area (Å²) >= 11 is 3.01. The molecule has 0 saturated carbocycles. The van der Waals surface area contributed by atoms with Crippen LogP contribution in [0.5, 0.6) is 0 Å². The Kier molecular flexibility index (Phi) is 5.33. The average molecular weight is 353 g/mol. The van der Waals surface area contributed by atoms with E-state index in [1.807, 2.05) is 0 Å². The number of Topliss-reactive ketones (excluding diaryl/α,β-unsaturated/α-hetero) is 1. The SMILES string of the molecule is CCOC(=O)c1ccc(C(Br)C(C)=O)cc1C(F)(F)F. The molecule has 0 aliphatic carbocycles. The summed E-state index contributed by atoms with van der Waals surface area (Å²) in [6.45, 7) is 2.74. The molecule has 0 aliphatic rings. The Morgan fingerprint density at radius 1 is 1.35 bits per heavy atom. The smallest absolute Gasteiger partial charge is 0.417 e. The van der Waals surface area contributed by atoms with Gasteiger partial charge in [0.05, 0.1) is 22.6 Å². The first-order chi connectivity index (χ1) is 9.18. The van der Waals surface area contributed by atoms with E-state index in [0.717, 1.165) is 12.1 Å². The molecule has 0 radical (unpaired) electrons. The highest BCUT2D eigenvalue weighted by Gasteiger charge is 2.36. The minimum atomic E-state index is -4.71. The van der Waals surface area contributed by atoms with E-state index in [4.69, 9.17) is 0 Å². The van der Waals surface area contributed by atoms with Crippen molar-refractivity contribution in [1.29, 1.82) is 0 Å². The molecule has 0 aliphatic heterocycles. The number of hydrogen-bond donors (Lipinski definition) is 0. The van der Waals surface area contributed by atoms with Crippen LogP contribution in [0.15, 0.2) is 18.2 Å². The normalized spacial score (nSPS) is 12.9. The molecule has 110 valence electrons. The molecule has 20 heavy (non-hydrogen) atoms. The quantitative estimate of drug-likeness (QED) is 0.609. The maximum atomic E-state index is 13.0. The van der Waals surface area contributed by atoms with Gasteiger partial charge in [-0.05, 0) is 31.5 Å². The average Bonchev–Trinajstić information content (AvgIpc) is 2.36. The van der Waals surface area contributed by atoms with E-state index >= 15 is 0 Å². The summed E-state index contributed by atoms with van der Waals surface area (Å²) in [6, 6.07) is 3.10. The Labute approximate surface area is 122 Å². The van der Waals surface area contributed by atoms with Crippen molar-refractivity contribution in [3.05, 3.63) is 34.9 Å². The molecule has 0 bridgehead atoms. The van der Waals surface area contributed by atoms with Crippen LogP contribution in [-0.4, -0.2) is 18.4 Å². The minimum absolute atomic E-state index is 0.0214. The van der Waals surface area contributed by atoms with Crippen molar-refractivity contribution in [3.63, 3.8) is 0 Å². The third-order valence-corrected chi connectivity index (χ3v) is 3.67. The minimum Gasteiger partial charge on any atom is -0.462 e. The predicted octanol–water partition coefficient (Wildman–Crippen LogP) is 3.91. The van der Waals surface area contributed by atoms with Crippen molar-refractivity contribution >= 4 is 27.7 Å². The maximum Gasteiger partial charge on any atom is 0.417 e. The van der Waals surface area contributed by atoms with Crippen LogP contribution >= 0.6 is 15.9 Å². The molecule has 0 heterocycles. The summed E-state index contributed by atoms with van der Waals surface area (Å²) in [5.74, 6) is -1.37. The number of ketones is 1. The summed E-state index contributed by atoms with van der Waals surface area (Å²) < 4.78 is 43.6. The van der Waals surface area contributed by atoms with Crippen LogP contribution < -0.4 is 0 Å². The number of carbonyl (C=O) groups is 2. The lowest BCUT2D eigenvalue weighted by Gasteiger charge is -2.15. The van der Waals surface area contributed by atoms with E-state index in [2.05, 4.69) is 20.7 Å². The van der Waals surface area contributed by atoms with Gasteiger partial charge in [-0.1, -0.05) is 22.0 Å². The first-order valence-corrected chi connectivity index (χ1v) is 6.62. The van der Waals surface area contributed by atoms with E-state index in [-0.39, 0.29) is 18.0 Å². The van der Waals surface area contributed by atoms with Gasteiger partial charge >= 0.3 is 12.1 Å². The van der Waals surface area contributed by atoms with Crippen LogP contribution in [0.2, 0.25) is 0 Å². The van der Waals surface area contributed by atoms with Crippen LogP contribution in [0.4, 0.5) is 13.2 Å². The van der Waals surface area contributed by atoms with Gasteiger partial charge in [-0.3, -0.25) is 4.79 Å². The van der Waals surface area contributed by atoms with E-state index in [1.165, 1.54) is 19.9 Å².